The summed E-state index contributed by atoms with van der Waals surface area (Å²) < 4.78 is 0. The van der Waals surface area contributed by atoms with Gasteiger partial charge in [0.15, 0.2) is 0 Å². The molecule has 1 unspecified atom stereocenters. The number of nitrogens with one attached hydrogen (secondary N) is 1. The fourth-order valence-corrected chi connectivity index (χ4v) is 3.70. The van der Waals surface area contributed by atoms with Crippen LogP contribution in [0.5, 0.6) is 0 Å². The van der Waals surface area contributed by atoms with E-state index in [1.807, 2.05) is 0 Å². The zero-order chi connectivity index (χ0) is 13.1. The van der Waals surface area contributed by atoms with Crippen LogP contribution in [0.1, 0.15) is 37.3 Å². The summed E-state index contributed by atoms with van der Waals surface area (Å²) in [6, 6.07) is 10.5. The summed E-state index contributed by atoms with van der Waals surface area (Å²) in [6.45, 7) is 6.01. The SMILES string of the molecule is CCCN(CC1CCCN1)C1Cc2ccccc2C1. The van der Waals surface area contributed by atoms with Gasteiger partial charge in [0.2, 0.25) is 0 Å². The average molecular weight is 258 g/mol. The second-order valence-corrected chi connectivity index (χ2v) is 6.12. The Labute approximate surface area is 117 Å². The van der Waals surface area contributed by atoms with Crippen molar-refractivity contribution in [2.24, 2.45) is 0 Å². The molecule has 1 aliphatic carbocycles. The molecular weight excluding hydrogens is 232 g/mol. The molecule has 1 N–H and O–H groups in total. The van der Waals surface area contributed by atoms with Crippen LogP contribution in [0.15, 0.2) is 24.3 Å². The van der Waals surface area contributed by atoms with Crippen LogP contribution in [0.3, 0.4) is 0 Å². The quantitative estimate of drug-likeness (QED) is 0.873. The van der Waals surface area contributed by atoms with Crippen LogP contribution in [0.2, 0.25) is 0 Å². The van der Waals surface area contributed by atoms with Gasteiger partial charge in [0, 0.05) is 18.6 Å². The molecule has 0 radical (unpaired) electrons. The summed E-state index contributed by atoms with van der Waals surface area (Å²) >= 11 is 0. The summed E-state index contributed by atoms with van der Waals surface area (Å²) in [6.07, 6.45) is 6.49. The first kappa shape index (κ1) is 13.1. The summed E-state index contributed by atoms with van der Waals surface area (Å²) in [5, 5.41) is 3.65. The highest BCUT2D eigenvalue weighted by Gasteiger charge is 2.28. The number of hydrogen-bond acceptors (Lipinski definition) is 2. The largest absolute Gasteiger partial charge is 0.313 e. The zero-order valence-corrected chi connectivity index (χ0v) is 12.1. The van der Waals surface area contributed by atoms with Crippen LogP contribution in [-0.4, -0.2) is 36.6 Å². The third-order valence-corrected chi connectivity index (χ3v) is 4.67. The van der Waals surface area contributed by atoms with Crippen molar-refractivity contribution in [1.29, 1.82) is 0 Å². The minimum Gasteiger partial charge on any atom is -0.313 e. The van der Waals surface area contributed by atoms with Crippen LogP contribution >= 0.6 is 0 Å². The van der Waals surface area contributed by atoms with Gasteiger partial charge in [-0.3, -0.25) is 4.90 Å². The van der Waals surface area contributed by atoms with Gasteiger partial charge in [-0.15, -0.1) is 0 Å². The molecule has 2 aliphatic rings. The topological polar surface area (TPSA) is 15.3 Å². The predicted molar refractivity (Wildman–Crippen MR) is 80.5 cm³/mol. The lowest BCUT2D eigenvalue weighted by molar-refractivity contribution is 0.184. The number of hydrogen-bond donors (Lipinski definition) is 1. The second kappa shape index (κ2) is 6.06. The maximum absolute atomic E-state index is 3.65. The normalized spacial score (nSPS) is 23.2. The van der Waals surface area contributed by atoms with E-state index < -0.39 is 0 Å². The molecule has 1 atom stereocenters. The zero-order valence-electron chi connectivity index (χ0n) is 12.1. The Hall–Kier alpha value is -0.860. The molecule has 0 aromatic heterocycles. The molecule has 1 fully saturated rings. The van der Waals surface area contributed by atoms with Crippen molar-refractivity contribution in [1.82, 2.24) is 10.2 Å². The standard InChI is InChI=1S/C17H26N2/c1-2-10-19(13-16-8-5-9-18-16)17-11-14-6-3-4-7-15(14)12-17/h3-4,6-7,16-18H,2,5,8-13H2,1H3. The second-order valence-electron chi connectivity index (χ2n) is 6.12. The lowest BCUT2D eigenvalue weighted by Crippen LogP contribution is -2.44. The molecular formula is C17H26N2. The molecule has 1 heterocycles. The van der Waals surface area contributed by atoms with E-state index in [-0.39, 0.29) is 0 Å². The van der Waals surface area contributed by atoms with E-state index >= 15 is 0 Å². The molecule has 2 heteroatoms. The van der Waals surface area contributed by atoms with Gasteiger partial charge in [0.05, 0.1) is 0 Å². The first-order valence-corrected chi connectivity index (χ1v) is 7.91. The molecule has 1 saturated heterocycles. The Morgan fingerprint density at radius 3 is 2.53 bits per heavy atom. The van der Waals surface area contributed by atoms with Gasteiger partial charge < -0.3 is 5.32 Å². The van der Waals surface area contributed by atoms with E-state index in [2.05, 4.69) is 41.4 Å². The summed E-state index contributed by atoms with van der Waals surface area (Å²) in [5.41, 5.74) is 3.15. The molecule has 0 bridgehead atoms. The van der Waals surface area contributed by atoms with Gasteiger partial charge in [-0.05, 0) is 56.3 Å². The molecule has 104 valence electrons. The first-order chi connectivity index (χ1) is 9.36. The van der Waals surface area contributed by atoms with Crippen molar-refractivity contribution in [3.8, 4) is 0 Å². The van der Waals surface area contributed by atoms with E-state index in [1.165, 1.54) is 51.7 Å². The third-order valence-electron chi connectivity index (χ3n) is 4.67. The minimum absolute atomic E-state index is 0.732. The molecule has 2 nitrogen and oxygen atoms in total. The van der Waals surface area contributed by atoms with Crippen LogP contribution in [0, 0.1) is 0 Å². The Balaban J connectivity index is 1.64. The van der Waals surface area contributed by atoms with Gasteiger partial charge in [0.25, 0.3) is 0 Å². The van der Waals surface area contributed by atoms with E-state index in [9.17, 15) is 0 Å². The third kappa shape index (κ3) is 3.01. The average Bonchev–Trinajstić information content (AvgIpc) is 3.06. The molecule has 0 saturated carbocycles. The smallest absolute Gasteiger partial charge is 0.0195 e. The van der Waals surface area contributed by atoms with Crippen molar-refractivity contribution in [3.63, 3.8) is 0 Å². The molecule has 0 spiro atoms. The Bertz CT molecular complexity index is 384. The minimum atomic E-state index is 0.732. The molecule has 3 rings (SSSR count). The highest BCUT2D eigenvalue weighted by Crippen LogP contribution is 2.26. The highest BCUT2D eigenvalue weighted by molar-refractivity contribution is 5.33. The molecule has 1 aromatic carbocycles. The van der Waals surface area contributed by atoms with E-state index in [1.54, 1.807) is 11.1 Å². The van der Waals surface area contributed by atoms with Crippen molar-refractivity contribution in [3.05, 3.63) is 35.4 Å². The summed E-state index contributed by atoms with van der Waals surface area (Å²) in [4.78, 5) is 2.74. The fraction of sp³-hybridized carbons (Fsp3) is 0.647. The Kier molecular flexibility index (Phi) is 4.19. The highest BCUT2D eigenvalue weighted by atomic mass is 15.2. The van der Waals surface area contributed by atoms with E-state index in [0.29, 0.717) is 0 Å². The number of nitrogens with zero attached hydrogens (tertiary/aromatic N) is 1. The van der Waals surface area contributed by atoms with Crippen LogP contribution in [-0.2, 0) is 12.8 Å². The van der Waals surface area contributed by atoms with Crippen molar-refractivity contribution in [2.45, 2.75) is 51.1 Å². The van der Waals surface area contributed by atoms with Crippen molar-refractivity contribution in [2.75, 3.05) is 19.6 Å². The van der Waals surface area contributed by atoms with Gasteiger partial charge >= 0.3 is 0 Å². The van der Waals surface area contributed by atoms with Gasteiger partial charge in [-0.25, -0.2) is 0 Å². The molecule has 1 aliphatic heterocycles. The Morgan fingerprint density at radius 1 is 1.21 bits per heavy atom. The van der Waals surface area contributed by atoms with Crippen molar-refractivity contribution < 1.29 is 0 Å². The monoisotopic (exact) mass is 258 g/mol. The van der Waals surface area contributed by atoms with Gasteiger partial charge in [0.1, 0.15) is 0 Å². The molecule has 0 amide bonds. The van der Waals surface area contributed by atoms with E-state index in [4.69, 9.17) is 0 Å². The Morgan fingerprint density at radius 2 is 1.95 bits per heavy atom. The molecule has 19 heavy (non-hydrogen) atoms. The number of benzene rings is 1. The van der Waals surface area contributed by atoms with Crippen LogP contribution in [0.4, 0.5) is 0 Å². The maximum Gasteiger partial charge on any atom is 0.0195 e. The van der Waals surface area contributed by atoms with Crippen LogP contribution < -0.4 is 5.32 Å². The predicted octanol–water partition coefficient (Wildman–Crippen LogP) is 2.62. The van der Waals surface area contributed by atoms with Gasteiger partial charge in [-0.2, -0.15) is 0 Å². The summed E-state index contributed by atoms with van der Waals surface area (Å²) in [7, 11) is 0. The maximum atomic E-state index is 3.65. The number of rotatable bonds is 5. The lowest BCUT2D eigenvalue weighted by Gasteiger charge is -2.31. The van der Waals surface area contributed by atoms with Crippen molar-refractivity contribution >= 4 is 0 Å². The number of fused-ring (bicyclic) bond motifs is 1. The lowest BCUT2D eigenvalue weighted by atomic mass is 10.1. The van der Waals surface area contributed by atoms with Crippen LogP contribution in [0.25, 0.3) is 0 Å². The van der Waals surface area contributed by atoms with E-state index in [0.717, 1.165) is 12.1 Å². The first-order valence-electron chi connectivity index (χ1n) is 7.91. The summed E-state index contributed by atoms with van der Waals surface area (Å²) in [5.74, 6) is 0. The fourth-order valence-electron chi connectivity index (χ4n) is 3.70. The molecule has 1 aromatic rings. The van der Waals surface area contributed by atoms with Gasteiger partial charge in [-0.1, -0.05) is 31.2 Å².